The van der Waals surface area contributed by atoms with Gasteiger partial charge >= 0.3 is 12.1 Å². The predicted molar refractivity (Wildman–Crippen MR) is 121 cm³/mol. The molecule has 0 spiro atoms. The molecular weight excluding hydrogens is 483 g/mol. The Hall–Kier alpha value is -3.42. The Labute approximate surface area is 202 Å². The van der Waals surface area contributed by atoms with E-state index in [0.29, 0.717) is 23.1 Å². The molecule has 0 aliphatic carbocycles. The van der Waals surface area contributed by atoms with Gasteiger partial charge in [0.05, 0.1) is 23.7 Å². The van der Waals surface area contributed by atoms with Crippen LogP contribution in [0, 0.1) is 0 Å². The van der Waals surface area contributed by atoms with Crippen LogP contribution in [0.4, 0.5) is 24.8 Å². The molecule has 0 unspecified atom stereocenters. The number of hydrogen-bond donors (Lipinski definition) is 0. The summed E-state index contributed by atoms with van der Waals surface area (Å²) in [6, 6.07) is 7.44. The number of halogens is 3. The number of rotatable bonds is 8. The molecule has 13 heteroatoms. The van der Waals surface area contributed by atoms with Crippen LogP contribution in [-0.4, -0.2) is 56.3 Å². The Balaban J connectivity index is 1.38. The van der Waals surface area contributed by atoms with E-state index in [4.69, 9.17) is 4.74 Å². The smallest absolute Gasteiger partial charge is 0.379 e. The number of alkyl halides is 3. The fraction of sp³-hybridized carbons (Fsp3) is 0.318. The number of aromatic nitrogens is 5. The molecule has 1 fully saturated rings. The van der Waals surface area contributed by atoms with Crippen LogP contribution in [0.2, 0.25) is 0 Å². The van der Waals surface area contributed by atoms with Crippen LogP contribution in [0.25, 0.3) is 10.7 Å². The number of nitrogens with zero attached hydrogens (tertiary/aromatic N) is 7. The summed E-state index contributed by atoms with van der Waals surface area (Å²) in [5.41, 5.74) is 1.09. The van der Waals surface area contributed by atoms with Crippen LogP contribution in [0.15, 0.2) is 53.6 Å². The van der Waals surface area contributed by atoms with Crippen LogP contribution in [-0.2, 0) is 24.0 Å². The average Bonchev–Trinajstić information content (AvgIpc) is 3.50. The van der Waals surface area contributed by atoms with Gasteiger partial charge in [0.25, 0.3) is 0 Å². The maximum atomic E-state index is 12.8. The summed E-state index contributed by atoms with van der Waals surface area (Å²) in [6.45, 7) is 2.91. The van der Waals surface area contributed by atoms with Gasteiger partial charge in [0.1, 0.15) is 5.82 Å². The number of pyridine rings is 1. The summed E-state index contributed by atoms with van der Waals surface area (Å²) < 4.78 is 48.1. The van der Waals surface area contributed by atoms with Crippen molar-refractivity contribution in [3.8, 4) is 10.7 Å². The van der Waals surface area contributed by atoms with E-state index < -0.39 is 12.1 Å². The first kappa shape index (κ1) is 23.3. The van der Waals surface area contributed by atoms with Gasteiger partial charge in [-0.1, -0.05) is 5.16 Å². The predicted octanol–water partition coefficient (Wildman–Crippen LogP) is 4.17. The minimum atomic E-state index is -4.69. The van der Waals surface area contributed by atoms with Crippen LogP contribution in [0.3, 0.4) is 0 Å². The zero-order valence-electron chi connectivity index (χ0n) is 18.5. The van der Waals surface area contributed by atoms with E-state index >= 15 is 0 Å². The van der Waals surface area contributed by atoms with Crippen molar-refractivity contribution in [2.45, 2.75) is 25.4 Å². The Morgan fingerprint density at radius 1 is 1.14 bits per heavy atom. The molecule has 5 rings (SSSR count). The van der Waals surface area contributed by atoms with Crippen LogP contribution in [0.1, 0.15) is 16.3 Å². The third kappa shape index (κ3) is 5.31. The van der Waals surface area contributed by atoms with Crippen molar-refractivity contribution in [1.82, 2.24) is 30.0 Å². The molecule has 182 valence electrons. The van der Waals surface area contributed by atoms with E-state index in [-0.39, 0.29) is 11.9 Å². The van der Waals surface area contributed by atoms with Crippen molar-refractivity contribution < 1.29 is 22.4 Å². The number of methoxy groups -OCH3 is 1. The molecule has 4 aromatic heterocycles. The SMILES string of the molecule is COC1CN(Cc2ccnc(N(Cc3ccc(-c4noc(C(F)(F)F)n4)s3)c3cnccn3)c2)C1. The largest absolute Gasteiger partial charge is 0.471 e. The third-order valence-electron chi connectivity index (χ3n) is 5.44. The molecule has 4 aromatic rings. The number of anilines is 2. The van der Waals surface area contributed by atoms with Gasteiger partial charge in [-0.05, 0) is 29.8 Å². The first-order valence-electron chi connectivity index (χ1n) is 10.6. The van der Waals surface area contributed by atoms with Crippen LogP contribution < -0.4 is 4.90 Å². The first-order chi connectivity index (χ1) is 16.9. The summed E-state index contributed by atoms with van der Waals surface area (Å²) in [5.74, 6) is -0.206. The van der Waals surface area contributed by atoms with Gasteiger partial charge in [-0.15, -0.1) is 11.3 Å². The van der Waals surface area contributed by atoms with Gasteiger partial charge in [-0.2, -0.15) is 18.2 Å². The van der Waals surface area contributed by atoms with E-state index in [1.165, 1.54) is 11.3 Å². The van der Waals surface area contributed by atoms with Gasteiger partial charge in [0.15, 0.2) is 5.82 Å². The normalized spacial score (nSPS) is 14.7. The molecular formula is C22H20F3N7O2S. The molecule has 1 aliphatic heterocycles. The molecule has 35 heavy (non-hydrogen) atoms. The summed E-state index contributed by atoms with van der Waals surface area (Å²) in [5, 5.41) is 3.47. The number of hydrogen-bond acceptors (Lipinski definition) is 10. The maximum Gasteiger partial charge on any atom is 0.471 e. The summed E-state index contributed by atoms with van der Waals surface area (Å²) >= 11 is 1.27. The fourth-order valence-electron chi connectivity index (χ4n) is 3.65. The van der Waals surface area contributed by atoms with Gasteiger partial charge < -0.3 is 14.2 Å². The molecule has 0 radical (unpaired) electrons. The highest BCUT2D eigenvalue weighted by molar-refractivity contribution is 7.15. The van der Waals surface area contributed by atoms with Gasteiger partial charge in [-0.3, -0.25) is 9.88 Å². The highest BCUT2D eigenvalue weighted by atomic mass is 32.1. The number of ether oxygens (including phenoxy) is 1. The van der Waals surface area contributed by atoms with E-state index in [1.54, 1.807) is 38.0 Å². The van der Waals surface area contributed by atoms with E-state index in [1.807, 2.05) is 23.1 Å². The van der Waals surface area contributed by atoms with Crippen molar-refractivity contribution in [1.29, 1.82) is 0 Å². The Kier molecular flexibility index (Phi) is 6.45. The van der Waals surface area contributed by atoms with Crippen molar-refractivity contribution in [3.63, 3.8) is 0 Å². The quantitative estimate of drug-likeness (QED) is 0.351. The lowest BCUT2D eigenvalue weighted by Gasteiger charge is -2.38. The molecule has 9 nitrogen and oxygen atoms in total. The lowest BCUT2D eigenvalue weighted by atomic mass is 10.1. The summed E-state index contributed by atoms with van der Waals surface area (Å²) in [4.78, 5) is 22.1. The Morgan fingerprint density at radius 2 is 1.97 bits per heavy atom. The lowest BCUT2D eigenvalue weighted by Crippen LogP contribution is -2.50. The summed E-state index contributed by atoms with van der Waals surface area (Å²) in [6.07, 6.45) is 2.14. The van der Waals surface area contributed by atoms with Crippen LogP contribution >= 0.6 is 11.3 Å². The highest BCUT2D eigenvalue weighted by Crippen LogP contribution is 2.33. The molecule has 0 aromatic carbocycles. The first-order valence-corrected chi connectivity index (χ1v) is 11.4. The lowest BCUT2D eigenvalue weighted by molar-refractivity contribution is -0.159. The number of thiophene rings is 1. The Bertz CT molecular complexity index is 1280. The summed E-state index contributed by atoms with van der Waals surface area (Å²) in [7, 11) is 1.72. The molecule has 0 amide bonds. The average molecular weight is 504 g/mol. The van der Waals surface area contributed by atoms with E-state index in [0.717, 1.165) is 30.1 Å². The van der Waals surface area contributed by atoms with E-state index in [2.05, 4.69) is 34.5 Å². The minimum Gasteiger partial charge on any atom is -0.379 e. The molecule has 0 saturated carbocycles. The molecule has 1 aliphatic rings. The standard InChI is InChI=1S/C22H20F3N7O2S/c1-33-15-11-31(12-15)10-14-4-5-27-18(8-14)32(19-9-26-6-7-28-19)13-16-2-3-17(35-16)20-29-21(34-30-20)22(23,24)25/h2-9,15H,10-13H2,1H3. The van der Waals surface area contributed by atoms with Gasteiger partial charge in [-0.25, -0.2) is 9.97 Å². The molecule has 0 atom stereocenters. The third-order valence-corrected chi connectivity index (χ3v) is 6.51. The zero-order valence-corrected chi connectivity index (χ0v) is 19.3. The highest BCUT2D eigenvalue weighted by Gasteiger charge is 2.38. The second-order valence-corrected chi connectivity index (χ2v) is 9.08. The molecule has 1 saturated heterocycles. The molecule has 0 N–H and O–H groups in total. The maximum absolute atomic E-state index is 12.8. The van der Waals surface area contributed by atoms with Crippen molar-refractivity contribution in [2.24, 2.45) is 0 Å². The second kappa shape index (κ2) is 9.68. The van der Waals surface area contributed by atoms with Crippen LogP contribution in [0.5, 0.6) is 0 Å². The van der Waals surface area contributed by atoms with Gasteiger partial charge in [0.2, 0.25) is 5.82 Å². The minimum absolute atomic E-state index is 0.108. The van der Waals surface area contributed by atoms with Gasteiger partial charge in [0, 0.05) is 50.2 Å². The zero-order chi connectivity index (χ0) is 24.4. The van der Waals surface area contributed by atoms with Crippen molar-refractivity contribution in [3.05, 3.63) is 65.4 Å². The van der Waals surface area contributed by atoms with E-state index in [9.17, 15) is 13.2 Å². The Morgan fingerprint density at radius 3 is 2.69 bits per heavy atom. The van der Waals surface area contributed by atoms with Crippen molar-refractivity contribution >= 4 is 23.0 Å². The number of likely N-dealkylation sites (tertiary alicyclic amines) is 1. The topological polar surface area (TPSA) is 93.3 Å². The second-order valence-electron chi connectivity index (χ2n) is 7.91. The molecule has 5 heterocycles. The fourth-order valence-corrected chi connectivity index (χ4v) is 4.58. The molecule has 0 bridgehead atoms. The monoisotopic (exact) mass is 503 g/mol. The van der Waals surface area contributed by atoms with Crippen molar-refractivity contribution in [2.75, 3.05) is 25.1 Å².